The number of aldehydes is 1. The molecule has 0 radical (unpaired) electrons. The number of carbonyl (C=O) groups is 1. The zero-order valence-electron chi connectivity index (χ0n) is 16.5. The molecule has 0 aromatic heterocycles. The second kappa shape index (κ2) is 12.2. The summed E-state index contributed by atoms with van der Waals surface area (Å²) in [5.41, 5.74) is 3.22. The summed E-state index contributed by atoms with van der Waals surface area (Å²) < 4.78 is 0. The molecule has 1 atom stereocenters. The maximum absolute atomic E-state index is 10.7. The van der Waals surface area contributed by atoms with Crippen LogP contribution in [0.3, 0.4) is 0 Å². The first-order chi connectivity index (χ1) is 13.2. The van der Waals surface area contributed by atoms with Crippen LogP contribution in [0, 0.1) is 5.92 Å². The van der Waals surface area contributed by atoms with E-state index in [4.69, 9.17) is 0 Å². The summed E-state index contributed by atoms with van der Waals surface area (Å²) >= 11 is 0. The Morgan fingerprint density at radius 1 is 0.963 bits per heavy atom. The van der Waals surface area contributed by atoms with E-state index < -0.39 is 0 Å². The van der Waals surface area contributed by atoms with E-state index in [1.54, 1.807) is 0 Å². The van der Waals surface area contributed by atoms with E-state index in [1.165, 1.54) is 11.1 Å². The highest BCUT2D eigenvalue weighted by Gasteiger charge is 2.09. The summed E-state index contributed by atoms with van der Waals surface area (Å²) in [4.78, 5) is 10.7. The zero-order valence-corrected chi connectivity index (χ0v) is 16.5. The molecule has 2 aromatic carbocycles. The van der Waals surface area contributed by atoms with Crippen molar-refractivity contribution in [2.24, 2.45) is 5.92 Å². The molecule has 144 valence electrons. The standard InChI is InChI=1S/C24H32N2O/c1-20(2)17-24(26-15-6-9-21-7-4-3-5-8-21)18-25-16-14-22-10-12-23(19-27)13-11-22/h3-13,19-20,24-26H,14-18H2,1-2H3/b9-6+. The fourth-order valence-electron chi connectivity index (χ4n) is 3.07. The third-order valence-corrected chi connectivity index (χ3v) is 4.49. The largest absolute Gasteiger partial charge is 0.315 e. The lowest BCUT2D eigenvalue weighted by Gasteiger charge is -2.20. The predicted molar refractivity (Wildman–Crippen MR) is 115 cm³/mol. The molecule has 0 amide bonds. The Morgan fingerprint density at radius 2 is 1.70 bits per heavy atom. The number of carbonyl (C=O) groups excluding carboxylic acids is 1. The molecule has 0 saturated heterocycles. The van der Waals surface area contributed by atoms with E-state index in [-0.39, 0.29) is 0 Å². The molecule has 0 bridgehead atoms. The Balaban J connectivity index is 1.71. The first kappa shape index (κ1) is 21.1. The van der Waals surface area contributed by atoms with Crippen LogP contribution < -0.4 is 10.6 Å². The van der Waals surface area contributed by atoms with E-state index in [0.29, 0.717) is 12.0 Å². The van der Waals surface area contributed by atoms with Crippen LogP contribution >= 0.6 is 0 Å². The first-order valence-corrected chi connectivity index (χ1v) is 9.87. The second-order valence-electron chi connectivity index (χ2n) is 7.36. The maximum atomic E-state index is 10.7. The van der Waals surface area contributed by atoms with Crippen LogP contribution in [0.15, 0.2) is 60.7 Å². The minimum Gasteiger partial charge on any atom is -0.315 e. The third kappa shape index (κ3) is 8.80. The van der Waals surface area contributed by atoms with Gasteiger partial charge in [0.05, 0.1) is 0 Å². The molecule has 0 aliphatic heterocycles. The van der Waals surface area contributed by atoms with E-state index in [2.05, 4.69) is 60.9 Å². The van der Waals surface area contributed by atoms with Crippen molar-refractivity contribution < 1.29 is 4.79 Å². The van der Waals surface area contributed by atoms with Gasteiger partial charge in [0.1, 0.15) is 6.29 Å². The van der Waals surface area contributed by atoms with Gasteiger partial charge in [-0.15, -0.1) is 0 Å². The maximum Gasteiger partial charge on any atom is 0.150 e. The van der Waals surface area contributed by atoms with E-state index in [9.17, 15) is 4.79 Å². The topological polar surface area (TPSA) is 41.1 Å². The molecule has 0 heterocycles. The highest BCUT2D eigenvalue weighted by molar-refractivity contribution is 5.74. The molecule has 0 aliphatic carbocycles. The Hall–Kier alpha value is -2.23. The number of hydrogen-bond donors (Lipinski definition) is 2. The summed E-state index contributed by atoms with van der Waals surface area (Å²) in [5.74, 6) is 0.665. The van der Waals surface area contributed by atoms with Gasteiger partial charge in [0.25, 0.3) is 0 Å². The Bertz CT molecular complexity index is 677. The minimum absolute atomic E-state index is 0.461. The van der Waals surface area contributed by atoms with Crippen molar-refractivity contribution in [2.75, 3.05) is 19.6 Å². The smallest absolute Gasteiger partial charge is 0.150 e. The van der Waals surface area contributed by atoms with Crippen LogP contribution in [0.25, 0.3) is 6.08 Å². The number of nitrogens with one attached hydrogen (secondary N) is 2. The molecule has 0 fully saturated rings. The summed E-state index contributed by atoms with van der Waals surface area (Å²) in [6, 6.07) is 18.7. The average Bonchev–Trinajstić information content (AvgIpc) is 2.69. The van der Waals surface area contributed by atoms with Crippen LogP contribution in [0.2, 0.25) is 0 Å². The van der Waals surface area contributed by atoms with E-state index in [0.717, 1.165) is 44.3 Å². The van der Waals surface area contributed by atoms with Gasteiger partial charge in [-0.3, -0.25) is 4.79 Å². The minimum atomic E-state index is 0.461. The second-order valence-corrected chi connectivity index (χ2v) is 7.36. The lowest BCUT2D eigenvalue weighted by Crippen LogP contribution is -2.40. The lowest BCUT2D eigenvalue weighted by atomic mass is 10.0. The van der Waals surface area contributed by atoms with E-state index in [1.807, 2.05) is 30.3 Å². The van der Waals surface area contributed by atoms with Crippen molar-refractivity contribution in [3.63, 3.8) is 0 Å². The Labute approximate surface area is 163 Å². The third-order valence-electron chi connectivity index (χ3n) is 4.49. The van der Waals surface area contributed by atoms with Crippen LogP contribution in [0.4, 0.5) is 0 Å². The normalized spacial score (nSPS) is 12.6. The molecular formula is C24H32N2O. The fourth-order valence-corrected chi connectivity index (χ4v) is 3.07. The van der Waals surface area contributed by atoms with Crippen LogP contribution in [-0.2, 0) is 6.42 Å². The van der Waals surface area contributed by atoms with Gasteiger partial charge in [0.15, 0.2) is 0 Å². The van der Waals surface area contributed by atoms with Crippen molar-refractivity contribution in [3.05, 3.63) is 77.4 Å². The molecule has 0 spiro atoms. The van der Waals surface area contributed by atoms with E-state index >= 15 is 0 Å². The first-order valence-electron chi connectivity index (χ1n) is 9.87. The van der Waals surface area contributed by atoms with Crippen LogP contribution in [0.5, 0.6) is 0 Å². The molecular weight excluding hydrogens is 332 g/mol. The fraction of sp³-hybridized carbons (Fsp3) is 0.375. The van der Waals surface area contributed by atoms with Gasteiger partial charge in [-0.05, 0) is 36.4 Å². The van der Waals surface area contributed by atoms with Gasteiger partial charge in [-0.25, -0.2) is 0 Å². The number of hydrogen-bond acceptors (Lipinski definition) is 3. The molecule has 0 saturated carbocycles. The van der Waals surface area contributed by atoms with Crippen LogP contribution in [-0.4, -0.2) is 32.0 Å². The molecule has 2 aromatic rings. The van der Waals surface area contributed by atoms with Gasteiger partial charge in [-0.2, -0.15) is 0 Å². The zero-order chi connectivity index (χ0) is 19.3. The van der Waals surface area contributed by atoms with Crippen molar-refractivity contribution in [3.8, 4) is 0 Å². The molecule has 1 unspecified atom stereocenters. The lowest BCUT2D eigenvalue weighted by molar-refractivity contribution is 0.112. The van der Waals surface area contributed by atoms with Gasteiger partial charge in [0.2, 0.25) is 0 Å². The predicted octanol–water partition coefficient (Wildman–Crippen LogP) is 4.35. The molecule has 3 nitrogen and oxygen atoms in total. The van der Waals surface area contributed by atoms with Gasteiger partial charge in [0, 0.05) is 24.7 Å². The Morgan fingerprint density at radius 3 is 2.37 bits per heavy atom. The van der Waals surface area contributed by atoms with Crippen molar-refractivity contribution in [1.82, 2.24) is 10.6 Å². The highest BCUT2D eigenvalue weighted by atomic mass is 16.1. The average molecular weight is 365 g/mol. The SMILES string of the molecule is CC(C)CC(CNCCc1ccc(C=O)cc1)NC/C=C/c1ccccc1. The summed E-state index contributed by atoms with van der Waals surface area (Å²) in [5, 5.41) is 7.22. The molecule has 3 heteroatoms. The number of benzene rings is 2. The highest BCUT2D eigenvalue weighted by Crippen LogP contribution is 2.06. The molecule has 2 rings (SSSR count). The van der Waals surface area contributed by atoms with Gasteiger partial charge in [-0.1, -0.05) is 80.6 Å². The van der Waals surface area contributed by atoms with Crippen LogP contribution in [0.1, 0.15) is 41.8 Å². The van der Waals surface area contributed by atoms with Crippen molar-refractivity contribution >= 4 is 12.4 Å². The van der Waals surface area contributed by atoms with Crippen molar-refractivity contribution in [2.45, 2.75) is 32.7 Å². The molecule has 27 heavy (non-hydrogen) atoms. The van der Waals surface area contributed by atoms with Gasteiger partial charge >= 0.3 is 0 Å². The molecule has 2 N–H and O–H groups in total. The summed E-state index contributed by atoms with van der Waals surface area (Å²) in [6.07, 6.45) is 7.37. The number of rotatable bonds is 12. The van der Waals surface area contributed by atoms with Crippen molar-refractivity contribution in [1.29, 1.82) is 0 Å². The Kier molecular flexibility index (Phi) is 9.53. The summed E-state index contributed by atoms with van der Waals surface area (Å²) in [7, 11) is 0. The monoisotopic (exact) mass is 364 g/mol. The molecule has 0 aliphatic rings. The van der Waals surface area contributed by atoms with Gasteiger partial charge < -0.3 is 10.6 Å². The quantitative estimate of drug-likeness (QED) is 0.435. The summed E-state index contributed by atoms with van der Waals surface area (Å²) in [6.45, 7) is 7.31.